The predicted molar refractivity (Wildman–Crippen MR) is 50.3 cm³/mol. The number of carbonyl (C=O) groups excluding carboxylic acids is 1. The summed E-state index contributed by atoms with van der Waals surface area (Å²) in [6.45, 7) is 1.99. The van der Waals surface area contributed by atoms with Crippen LogP contribution in [0.1, 0.15) is 12.8 Å². The molecule has 0 aromatic heterocycles. The van der Waals surface area contributed by atoms with Gasteiger partial charge in [0.05, 0.1) is 6.04 Å². The SMILES string of the molecule is O=C(C1CCCN1)C1NCCS1. The molecule has 4 heteroatoms. The van der Waals surface area contributed by atoms with Crippen LogP contribution < -0.4 is 10.6 Å². The van der Waals surface area contributed by atoms with E-state index in [9.17, 15) is 4.79 Å². The lowest BCUT2D eigenvalue weighted by atomic mass is 10.1. The van der Waals surface area contributed by atoms with E-state index in [-0.39, 0.29) is 11.4 Å². The fourth-order valence-electron chi connectivity index (χ4n) is 1.72. The number of ketones is 1. The second-order valence-corrected chi connectivity index (χ2v) is 4.47. The smallest absolute Gasteiger partial charge is 0.176 e. The average Bonchev–Trinajstić information content (AvgIpc) is 2.77. The zero-order valence-electron chi connectivity index (χ0n) is 7.01. The van der Waals surface area contributed by atoms with Crippen LogP contribution in [-0.4, -0.2) is 36.0 Å². The first-order chi connectivity index (χ1) is 5.88. The highest BCUT2D eigenvalue weighted by Gasteiger charge is 2.30. The molecule has 0 amide bonds. The van der Waals surface area contributed by atoms with Crippen molar-refractivity contribution in [2.24, 2.45) is 0 Å². The minimum atomic E-state index is 0.0700. The summed E-state index contributed by atoms with van der Waals surface area (Å²) in [5, 5.41) is 6.51. The summed E-state index contributed by atoms with van der Waals surface area (Å²) in [5.41, 5.74) is 0. The number of Topliss-reactive ketones (excluding diaryl/α,β-unsaturated/α-hetero) is 1. The standard InChI is InChI=1S/C8H14N2OS/c11-7(6-2-1-3-9-6)8-10-4-5-12-8/h6,8-10H,1-5H2. The fourth-order valence-corrected chi connectivity index (χ4v) is 2.75. The number of nitrogens with one attached hydrogen (secondary N) is 2. The molecule has 2 aliphatic heterocycles. The number of hydrogen-bond acceptors (Lipinski definition) is 4. The molecule has 2 aliphatic rings. The van der Waals surface area contributed by atoms with E-state index in [1.807, 2.05) is 0 Å². The molecule has 2 N–H and O–H groups in total. The summed E-state index contributed by atoms with van der Waals surface area (Å²) < 4.78 is 0. The Morgan fingerprint density at radius 3 is 2.83 bits per heavy atom. The minimum Gasteiger partial charge on any atom is -0.307 e. The van der Waals surface area contributed by atoms with Crippen LogP contribution in [0.15, 0.2) is 0 Å². The van der Waals surface area contributed by atoms with E-state index < -0.39 is 0 Å². The summed E-state index contributed by atoms with van der Waals surface area (Å²) in [6, 6.07) is 0.132. The first-order valence-corrected chi connectivity index (χ1v) is 5.55. The van der Waals surface area contributed by atoms with Gasteiger partial charge >= 0.3 is 0 Å². The molecule has 2 unspecified atom stereocenters. The number of rotatable bonds is 2. The summed E-state index contributed by atoms with van der Waals surface area (Å²) in [6.07, 6.45) is 2.17. The van der Waals surface area contributed by atoms with Crippen LogP contribution in [-0.2, 0) is 4.79 Å². The van der Waals surface area contributed by atoms with Crippen molar-refractivity contribution in [2.45, 2.75) is 24.3 Å². The van der Waals surface area contributed by atoms with Crippen molar-refractivity contribution in [3.05, 3.63) is 0 Å². The lowest BCUT2D eigenvalue weighted by Gasteiger charge is -2.13. The lowest BCUT2D eigenvalue weighted by Crippen LogP contribution is -2.41. The Morgan fingerprint density at radius 1 is 1.33 bits per heavy atom. The second-order valence-electron chi connectivity index (χ2n) is 3.26. The maximum atomic E-state index is 11.7. The molecule has 2 atom stereocenters. The molecule has 0 aromatic rings. The average molecular weight is 186 g/mol. The Kier molecular flexibility index (Phi) is 2.68. The minimum absolute atomic E-state index is 0.0700. The summed E-state index contributed by atoms with van der Waals surface area (Å²) in [7, 11) is 0. The van der Waals surface area contributed by atoms with E-state index in [0.717, 1.165) is 31.7 Å². The van der Waals surface area contributed by atoms with Gasteiger partial charge in [-0.15, -0.1) is 11.8 Å². The molecule has 0 spiro atoms. The zero-order valence-corrected chi connectivity index (χ0v) is 7.82. The van der Waals surface area contributed by atoms with Gasteiger partial charge in [0.15, 0.2) is 5.78 Å². The Bertz CT molecular complexity index is 156. The third-order valence-corrected chi connectivity index (χ3v) is 3.55. The van der Waals surface area contributed by atoms with Gasteiger partial charge in [0.25, 0.3) is 0 Å². The first kappa shape index (κ1) is 8.53. The Morgan fingerprint density at radius 2 is 2.25 bits per heavy atom. The van der Waals surface area contributed by atoms with E-state index >= 15 is 0 Å². The highest BCUT2D eigenvalue weighted by Crippen LogP contribution is 2.18. The number of thioether (sulfide) groups is 1. The Balaban J connectivity index is 1.89. The largest absolute Gasteiger partial charge is 0.307 e. The predicted octanol–water partition coefficient (Wildman–Crippen LogP) is -0.0300. The van der Waals surface area contributed by atoms with Crippen LogP contribution in [0.4, 0.5) is 0 Å². The van der Waals surface area contributed by atoms with Crippen molar-refractivity contribution in [3.8, 4) is 0 Å². The molecular weight excluding hydrogens is 172 g/mol. The van der Waals surface area contributed by atoms with Crippen LogP contribution in [0.2, 0.25) is 0 Å². The van der Waals surface area contributed by atoms with Gasteiger partial charge in [-0.05, 0) is 19.4 Å². The normalized spacial score (nSPS) is 35.7. The first-order valence-electron chi connectivity index (χ1n) is 4.50. The van der Waals surface area contributed by atoms with Crippen LogP contribution in [0.5, 0.6) is 0 Å². The summed E-state index contributed by atoms with van der Waals surface area (Å²) in [4.78, 5) is 11.7. The quantitative estimate of drug-likeness (QED) is 0.635. The molecule has 0 radical (unpaired) electrons. The fraction of sp³-hybridized carbons (Fsp3) is 0.875. The van der Waals surface area contributed by atoms with Crippen molar-refractivity contribution in [2.75, 3.05) is 18.8 Å². The summed E-state index contributed by atoms with van der Waals surface area (Å²) in [5.74, 6) is 1.43. The topological polar surface area (TPSA) is 41.1 Å². The third kappa shape index (κ3) is 1.65. The van der Waals surface area contributed by atoms with Crippen molar-refractivity contribution >= 4 is 17.5 Å². The molecule has 12 heavy (non-hydrogen) atoms. The van der Waals surface area contributed by atoms with Gasteiger partial charge in [0.1, 0.15) is 5.37 Å². The van der Waals surface area contributed by atoms with Gasteiger partial charge in [-0.25, -0.2) is 0 Å². The van der Waals surface area contributed by atoms with E-state index in [1.165, 1.54) is 0 Å². The van der Waals surface area contributed by atoms with Crippen molar-refractivity contribution in [1.82, 2.24) is 10.6 Å². The third-order valence-electron chi connectivity index (χ3n) is 2.38. The second kappa shape index (κ2) is 3.77. The van der Waals surface area contributed by atoms with Gasteiger partial charge < -0.3 is 5.32 Å². The lowest BCUT2D eigenvalue weighted by molar-refractivity contribution is -0.120. The molecule has 0 aromatic carbocycles. The maximum Gasteiger partial charge on any atom is 0.176 e. The molecule has 2 fully saturated rings. The Labute approximate surface area is 76.7 Å². The maximum absolute atomic E-state index is 11.7. The molecule has 3 nitrogen and oxygen atoms in total. The van der Waals surface area contributed by atoms with Crippen LogP contribution >= 0.6 is 11.8 Å². The number of hydrogen-bond donors (Lipinski definition) is 2. The van der Waals surface area contributed by atoms with Gasteiger partial charge in [0, 0.05) is 12.3 Å². The van der Waals surface area contributed by atoms with Gasteiger partial charge in [-0.1, -0.05) is 0 Å². The van der Waals surface area contributed by atoms with Crippen LogP contribution in [0, 0.1) is 0 Å². The molecule has 0 bridgehead atoms. The van der Waals surface area contributed by atoms with E-state index in [4.69, 9.17) is 0 Å². The molecule has 0 saturated carbocycles. The molecular formula is C8H14N2OS. The molecule has 2 saturated heterocycles. The van der Waals surface area contributed by atoms with Crippen LogP contribution in [0.25, 0.3) is 0 Å². The highest BCUT2D eigenvalue weighted by atomic mass is 32.2. The zero-order chi connectivity index (χ0) is 8.39. The highest BCUT2D eigenvalue weighted by molar-refractivity contribution is 8.00. The molecule has 0 aliphatic carbocycles. The molecule has 68 valence electrons. The van der Waals surface area contributed by atoms with Gasteiger partial charge in [-0.2, -0.15) is 0 Å². The van der Waals surface area contributed by atoms with Gasteiger partial charge in [0.2, 0.25) is 0 Å². The molecule has 2 rings (SSSR count). The van der Waals surface area contributed by atoms with E-state index in [2.05, 4.69) is 10.6 Å². The van der Waals surface area contributed by atoms with Crippen molar-refractivity contribution < 1.29 is 4.79 Å². The van der Waals surface area contributed by atoms with Crippen molar-refractivity contribution in [1.29, 1.82) is 0 Å². The summed E-state index contributed by atoms with van der Waals surface area (Å²) >= 11 is 1.74. The van der Waals surface area contributed by atoms with Crippen LogP contribution in [0.3, 0.4) is 0 Å². The number of carbonyl (C=O) groups is 1. The van der Waals surface area contributed by atoms with Crippen molar-refractivity contribution in [3.63, 3.8) is 0 Å². The van der Waals surface area contributed by atoms with Gasteiger partial charge in [-0.3, -0.25) is 10.1 Å². The molecule has 2 heterocycles. The van der Waals surface area contributed by atoms with E-state index in [0.29, 0.717) is 5.78 Å². The monoisotopic (exact) mass is 186 g/mol. The Hall–Kier alpha value is -0.0600. The van der Waals surface area contributed by atoms with E-state index in [1.54, 1.807) is 11.8 Å².